The number of aliphatic imine (C=N–C) groups is 1. The molecule has 28 heavy (non-hydrogen) atoms. The molecule has 0 aliphatic rings. The van der Waals surface area contributed by atoms with E-state index in [1.54, 1.807) is 6.21 Å². The van der Waals surface area contributed by atoms with Gasteiger partial charge in [-0.05, 0) is 54.8 Å². The van der Waals surface area contributed by atoms with Gasteiger partial charge in [0.15, 0.2) is 11.5 Å². The summed E-state index contributed by atoms with van der Waals surface area (Å²) >= 11 is 12.6. The lowest BCUT2D eigenvalue weighted by atomic mass is 10.2. The second-order valence-corrected chi connectivity index (χ2v) is 6.99. The molecule has 0 radical (unpaired) electrons. The fourth-order valence-electron chi connectivity index (χ4n) is 2.68. The first-order valence-corrected chi connectivity index (χ1v) is 9.76. The van der Waals surface area contributed by atoms with E-state index in [-0.39, 0.29) is 0 Å². The van der Waals surface area contributed by atoms with Crippen molar-refractivity contribution >= 4 is 35.1 Å². The lowest BCUT2D eigenvalue weighted by Crippen LogP contribution is -2.01. The smallest absolute Gasteiger partial charge is 0.180 e. The van der Waals surface area contributed by atoms with Gasteiger partial charge in [0.2, 0.25) is 0 Å². The fraction of sp³-hybridized carbons (Fsp3) is 0.174. The Balaban J connectivity index is 1.85. The molecule has 0 fully saturated rings. The van der Waals surface area contributed by atoms with Gasteiger partial charge in [-0.3, -0.25) is 4.99 Å². The Bertz CT molecular complexity index is 972. The van der Waals surface area contributed by atoms with Crippen molar-refractivity contribution in [1.29, 1.82) is 0 Å². The van der Waals surface area contributed by atoms with Crippen LogP contribution in [0, 0.1) is 6.92 Å². The summed E-state index contributed by atoms with van der Waals surface area (Å²) in [6.45, 7) is 4.78. The van der Waals surface area contributed by atoms with Crippen molar-refractivity contribution < 1.29 is 9.47 Å². The van der Waals surface area contributed by atoms with Crippen LogP contribution in [-0.2, 0) is 6.61 Å². The zero-order valence-corrected chi connectivity index (χ0v) is 17.3. The van der Waals surface area contributed by atoms with E-state index in [1.807, 2.05) is 74.5 Å². The van der Waals surface area contributed by atoms with Crippen LogP contribution in [0.1, 0.15) is 23.6 Å². The van der Waals surface area contributed by atoms with E-state index in [4.69, 9.17) is 32.7 Å². The van der Waals surface area contributed by atoms with Crippen LogP contribution < -0.4 is 9.47 Å². The predicted molar refractivity (Wildman–Crippen MR) is 117 cm³/mol. The summed E-state index contributed by atoms with van der Waals surface area (Å²) in [5.74, 6) is 1.12. The van der Waals surface area contributed by atoms with Gasteiger partial charge < -0.3 is 9.47 Å². The standard InChI is InChI=1S/C23H21Cl2NO2/c1-3-27-22-13-18(14-26-21-11-7-10-19(24)16(21)2)12-20(25)23(22)28-15-17-8-5-4-6-9-17/h4-14H,3,15H2,1-2H3. The van der Waals surface area contributed by atoms with Gasteiger partial charge in [-0.2, -0.15) is 0 Å². The van der Waals surface area contributed by atoms with Crippen LogP contribution in [0.25, 0.3) is 0 Å². The SMILES string of the molecule is CCOc1cc(C=Nc2cccc(Cl)c2C)cc(Cl)c1OCc1ccccc1. The van der Waals surface area contributed by atoms with E-state index in [2.05, 4.69) is 4.99 Å². The third-order valence-corrected chi connectivity index (χ3v) is 4.84. The molecule has 0 amide bonds. The van der Waals surface area contributed by atoms with Crippen LogP contribution in [0.5, 0.6) is 11.5 Å². The molecule has 3 rings (SSSR count). The summed E-state index contributed by atoms with van der Waals surface area (Å²) < 4.78 is 11.7. The van der Waals surface area contributed by atoms with E-state index in [0.717, 1.165) is 22.4 Å². The number of benzene rings is 3. The van der Waals surface area contributed by atoms with Gasteiger partial charge in [0.25, 0.3) is 0 Å². The second-order valence-electron chi connectivity index (χ2n) is 6.18. The van der Waals surface area contributed by atoms with Gasteiger partial charge in [-0.15, -0.1) is 0 Å². The predicted octanol–water partition coefficient (Wildman–Crippen LogP) is 7.03. The first-order chi connectivity index (χ1) is 13.6. The minimum Gasteiger partial charge on any atom is -0.490 e. The highest BCUT2D eigenvalue weighted by molar-refractivity contribution is 6.32. The van der Waals surface area contributed by atoms with Crippen molar-refractivity contribution in [2.75, 3.05) is 6.61 Å². The van der Waals surface area contributed by atoms with Gasteiger partial charge in [0, 0.05) is 11.2 Å². The minimum atomic E-state index is 0.412. The average molecular weight is 414 g/mol. The van der Waals surface area contributed by atoms with Crippen molar-refractivity contribution in [2.45, 2.75) is 20.5 Å². The largest absolute Gasteiger partial charge is 0.490 e. The Kier molecular flexibility index (Phi) is 6.96. The van der Waals surface area contributed by atoms with Crippen LogP contribution >= 0.6 is 23.2 Å². The third kappa shape index (κ3) is 5.06. The Hall–Kier alpha value is -2.49. The van der Waals surface area contributed by atoms with E-state index in [9.17, 15) is 0 Å². The third-order valence-electron chi connectivity index (χ3n) is 4.15. The number of hydrogen-bond acceptors (Lipinski definition) is 3. The van der Waals surface area contributed by atoms with Gasteiger partial charge in [0.1, 0.15) is 6.61 Å². The van der Waals surface area contributed by atoms with Crippen molar-refractivity contribution in [3.05, 3.63) is 87.4 Å². The Morgan fingerprint density at radius 3 is 2.46 bits per heavy atom. The topological polar surface area (TPSA) is 30.8 Å². The minimum absolute atomic E-state index is 0.412. The first kappa shape index (κ1) is 20.2. The van der Waals surface area contributed by atoms with Crippen LogP contribution in [0.15, 0.2) is 65.7 Å². The van der Waals surface area contributed by atoms with Crippen molar-refractivity contribution in [1.82, 2.24) is 0 Å². The molecule has 0 bridgehead atoms. The molecule has 0 heterocycles. The molecule has 0 saturated heterocycles. The maximum atomic E-state index is 6.49. The molecule has 0 saturated carbocycles. The van der Waals surface area contributed by atoms with Crippen LogP contribution in [0.3, 0.4) is 0 Å². The average Bonchev–Trinajstić information content (AvgIpc) is 2.69. The molecule has 3 aromatic carbocycles. The number of rotatable bonds is 7. The summed E-state index contributed by atoms with van der Waals surface area (Å²) in [5, 5.41) is 1.17. The van der Waals surface area contributed by atoms with E-state index in [1.165, 1.54) is 0 Å². The summed E-state index contributed by atoms with van der Waals surface area (Å²) in [6, 6.07) is 19.2. The molecule has 0 unspecified atom stereocenters. The quantitative estimate of drug-likeness (QED) is 0.389. The molecule has 144 valence electrons. The molecule has 0 aromatic heterocycles. The molecule has 0 spiro atoms. The molecular formula is C23H21Cl2NO2. The molecule has 0 atom stereocenters. The maximum absolute atomic E-state index is 6.49. The molecule has 3 aromatic rings. The zero-order valence-electron chi connectivity index (χ0n) is 15.8. The summed E-state index contributed by atoms with van der Waals surface area (Å²) in [6.07, 6.45) is 1.74. The van der Waals surface area contributed by atoms with Gasteiger partial charge in [0.05, 0.1) is 17.3 Å². The number of hydrogen-bond donors (Lipinski definition) is 0. The molecule has 5 heteroatoms. The molecular weight excluding hydrogens is 393 g/mol. The van der Waals surface area contributed by atoms with Crippen LogP contribution in [-0.4, -0.2) is 12.8 Å². The fourth-order valence-corrected chi connectivity index (χ4v) is 3.12. The van der Waals surface area contributed by atoms with Crippen molar-refractivity contribution in [2.24, 2.45) is 4.99 Å². The number of halogens is 2. The Labute approximate surface area is 175 Å². The first-order valence-electron chi connectivity index (χ1n) is 9.00. The highest BCUT2D eigenvalue weighted by atomic mass is 35.5. The molecule has 0 N–H and O–H groups in total. The van der Waals surface area contributed by atoms with Crippen molar-refractivity contribution in [3.63, 3.8) is 0 Å². The number of ether oxygens (including phenoxy) is 2. The zero-order chi connectivity index (χ0) is 19.9. The molecule has 3 nitrogen and oxygen atoms in total. The Morgan fingerprint density at radius 1 is 0.929 bits per heavy atom. The van der Waals surface area contributed by atoms with Gasteiger partial charge in [-0.25, -0.2) is 0 Å². The lowest BCUT2D eigenvalue weighted by Gasteiger charge is -2.14. The summed E-state index contributed by atoms with van der Waals surface area (Å²) in [5.41, 5.74) is 3.62. The van der Waals surface area contributed by atoms with E-state index < -0.39 is 0 Å². The van der Waals surface area contributed by atoms with Gasteiger partial charge >= 0.3 is 0 Å². The van der Waals surface area contributed by atoms with E-state index >= 15 is 0 Å². The summed E-state index contributed by atoms with van der Waals surface area (Å²) in [4.78, 5) is 4.54. The second kappa shape index (κ2) is 9.63. The normalized spacial score (nSPS) is 11.0. The molecule has 0 aliphatic carbocycles. The highest BCUT2D eigenvalue weighted by Crippen LogP contribution is 2.37. The van der Waals surface area contributed by atoms with Gasteiger partial charge in [-0.1, -0.05) is 59.6 Å². The van der Waals surface area contributed by atoms with Crippen LogP contribution in [0.4, 0.5) is 5.69 Å². The van der Waals surface area contributed by atoms with Crippen molar-refractivity contribution in [3.8, 4) is 11.5 Å². The maximum Gasteiger partial charge on any atom is 0.180 e. The van der Waals surface area contributed by atoms with Crippen LogP contribution in [0.2, 0.25) is 10.0 Å². The Morgan fingerprint density at radius 2 is 1.71 bits per heavy atom. The van der Waals surface area contributed by atoms with E-state index in [0.29, 0.717) is 34.8 Å². The lowest BCUT2D eigenvalue weighted by molar-refractivity contribution is 0.269. The summed E-state index contributed by atoms with van der Waals surface area (Å²) in [7, 11) is 0. The molecule has 0 aliphatic heterocycles. The number of nitrogens with zero attached hydrogens (tertiary/aromatic N) is 1. The monoisotopic (exact) mass is 413 g/mol. The highest BCUT2D eigenvalue weighted by Gasteiger charge is 2.12.